The number of benzene rings is 1. The van der Waals surface area contributed by atoms with Crippen molar-refractivity contribution in [3.63, 3.8) is 0 Å². The summed E-state index contributed by atoms with van der Waals surface area (Å²) < 4.78 is 11.4. The van der Waals surface area contributed by atoms with E-state index in [9.17, 15) is 9.59 Å². The van der Waals surface area contributed by atoms with Crippen molar-refractivity contribution in [2.45, 2.75) is 0 Å². The first-order chi connectivity index (χ1) is 10.4. The summed E-state index contributed by atoms with van der Waals surface area (Å²) in [6.07, 6.45) is 0. The molecule has 3 aromatic rings. The second-order valence-corrected chi connectivity index (χ2v) is 5.53. The van der Waals surface area contributed by atoms with Gasteiger partial charge >= 0.3 is 0 Å². The van der Waals surface area contributed by atoms with Crippen LogP contribution in [0.5, 0.6) is 0 Å². The minimum atomic E-state index is -0.192. The normalized spacial score (nSPS) is 11.1. The molecule has 0 aliphatic heterocycles. The van der Waals surface area contributed by atoms with Crippen LogP contribution in [0, 0.1) is 0 Å². The molecular weight excluding hydrogens is 284 g/mol. The molecule has 0 amide bonds. The molecule has 22 heavy (non-hydrogen) atoms. The Kier molecular flexibility index (Phi) is 3.16. The molecule has 0 aliphatic carbocycles. The van der Waals surface area contributed by atoms with E-state index < -0.39 is 0 Å². The minimum absolute atomic E-state index is 0.192. The van der Waals surface area contributed by atoms with Crippen LogP contribution in [-0.4, -0.2) is 28.2 Å². The molecule has 0 bridgehead atoms. The van der Waals surface area contributed by atoms with Gasteiger partial charge in [-0.05, 0) is 6.07 Å². The van der Waals surface area contributed by atoms with Crippen molar-refractivity contribution in [3.8, 4) is 0 Å². The van der Waals surface area contributed by atoms with E-state index in [0.29, 0.717) is 33.7 Å². The topological polar surface area (TPSA) is 66.9 Å². The minimum Gasteiger partial charge on any atom is -0.440 e. The summed E-state index contributed by atoms with van der Waals surface area (Å²) in [4.78, 5) is 27.8. The summed E-state index contributed by atoms with van der Waals surface area (Å²) in [6, 6.07) is 5.93. The molecular formula is C16H16N2O4. The Labute approximate surface area is 126 Å². The number of hydrogen-bond donors (Lipinski definition) is 0. The highest BCUT2D eigenvalue weighted by molar-refractivity contribution is 5.93. The standard InChI is InChI=1S/C16H16N2O4/c1-17(2)15-6-11(19)9-5-10-12(20)7-16(18(3)4)22-14(10)8-13(9)21-15/h5-8H,1-4H3. The van der Waals surface area contributed by atoms with Crippen LogP contribution in [0.3, 0.4) is 0 Å². The van der Waals surface area contributed by atoms with Gasteiger partial charge < -0.3 is 18.6 Å². The van der Waals surface area contributed by atoms with Crippen LogP contribution in [0.25, 0.3) is 21.9 Å². The van der Waals surface area contributed by atoms with Gasteiger partial charge in [0.2, 0.25) is 0 Å². The lowest BCUT2D eigenvalue weighted by Gasteiger charge is -2.12. The highest BCUT2D eigenvalue weighted by Crippen LogP contribution is 2.24. The Balaban J connectivity index is 2.41. The third-order valence-corrected chi connectivity index (χ3v) is 3.43. The van der Waals surface area contributed by atoms with Crippen LogP contribution in [0.15, 0.2) is 42.7 Å². The maximum absolute atomic E-state index is 12.2. The molecule has 0 unspecified atom stereocenters. The van der Waals surface area contributed by atoms with E-state index in [1.807, 2.05) is 0 Å². The molecule has 0 atom stereocenters. The number of fused-ring (bicyclic) bond motifs is 2. The van der Waals surface area contributed by atoms with Crippen LogP contribution in [-0.2, 0) is 0 Å². The Morgan fingerprint density at radius 3 is 1.45 bits per heavy atom. The van der Waals surface area contributed by atoms with Gasteiger partial charge in [0, 0.05) is 46.4 Å². The van der Waals surface area contributed by atoms with E-state index in [4.69, 9.17) is 8.83 Å². The molecule has 0 N–H and O–H groups in total. The molecule has 3 rings (SSSR count). The van der Waals surface area contributed by atoms with Gasteiger partial charge in [-0.25, -0.2) is 0 Å². The Hall–Kier alpha value is -2.76. The smallest absolute Gasteiger partial charge is 0.199 e. The summed E-state index contributed by atoms with van der Waals surface area (Å²) in [5, 5.41) is 0.728. The molecule has 114 valence electrons. The van der Waals surface area contributed by atoms with Crippen LogP contribution >= 0.6 is 0 Å². The molecule has 0 radical (unpaired) electrons. The third kappa shape index (κ3) is 2.22. The quantitative estimate of drug-likeness (QED) is 0.675. The number of anilines is 2. The monoisotopic (exact) mass is 300 g/mol. The lowest BCUT2D eigenvalue weighted by molar-refractivity contribution is 0.586. The van der Waals surface area contributed by atoms with Gasteiger partial charge in [-0.2, -0.15) is 0 Å². The lowest BCUT2D eigenvalue weighted by atomic mass is 10.1. The van der Waals surface area contributed by atoms with Crippen molar-refractivity contribution >= 4 is 33.7 Å². The Bertz CT molecular complexity index is 906. The summed E-state index contributed by atoms with van der Waals surface area (Å²) in [5.74, 6) is 0.894. The van der Waals surface area contributed by atoms with Crippen molar-refractivity contribution in [1.82, 2.24) is 0 Å². The fourth-order valence-electron chi connectivity index (χ4n) is 2.22. The van der Waals surface area contributed by atoms with Crippen molar-refractivity contribution in [1.29, 1.82) is 0 Å². The summed E-state index contributed by atoms with van der Waals surface area (Å²) in [6.45, 7) is 0. The Morgan fingerprint density at radius 2 is 1.09 bits per heavy atom. The molecule has 6 heteroatoms. The Morgan fingerprint density at radius 1 is 0.682 bits per heavy atom. The SMILES string of the molecule is CN(C)c1cc(=O)c2cc3c(=O)cc(N(C)C)oc3cc2o1. The zero-order valence-electron chi connectivity index (χ0n) is 12.8. The predicted octanol–water partition coefficient (Wildman–Crippen LogP) is 2.03. The fraction of sp³-hybridized carbons (Fsp3) is 0.250. The predicted molar refractivity (Wildman–Crippen MR) is 87.2 cm³/mol. The summed E-state index contributed by atoms with van der Waals surface area (Å²) in [7, 11) is 7.15. The van der Waals surface area contributed by atoms with Gasteiger partial charge in [-0.3, -0.25) is 9.59 Å². The average Bonchev–Trinajstić information content (AvgIpc) is 2.45. The average molecular weight is 300 g/mol. The zero-order chi connectivity index (χ0) is 16.0. The first-order valence-corrected chi connectivity index (χ1v) is 6.77. The van der Waals surface area contributed by atoms with Crippen LogP contribution in [0.1, 0.15) is 0 Å². The number of nitrogens with zero attached hydrogens (tertiary/aromatic N) is 2. The number of rotatable bonds is 2. The van der Waals surface area contributed by atoms with Gasteiger partial charge in [0.05, 0.1) is 10.8 Å². The van der Waals surface area contributed by atoms with Crippen molar-refractivity contribution < 1.29 is 8.83 Å². The maximum atomic E-state index is 12.2. The van der Waals surface area contributed by atoms with E-state index in [-0.39, 0.29) is 10.9 Å². The molecule has 0 saturated carbocycles. The third-order valence-electron chi connectivity index (χ3n) is 3.43. The second-order valence-electron chi connectivity index (χ2n) is 5.53. The fourth-order valence-corrected chi connectivity index (χ4v) is 2.22. The molecule has 6 nitrogen and oxygen atoms in total. The van der Waals surface area contributed by atoms with Gasteiger partial charge in [-0.15, -0.1) is 0 Å². The molecule has 0 saturated heterocycles. The lowest BCUT2D eigenvalue weighted by Crippen LogP contribution is -2.13. The summed E-state index contributed by atoms with van der Waals surface area (Å²) >= 11 is 0. The van der Waals surface area contributed by atoms with Crippen molar-refractivity contribution in [3.05, 3.63) is 44.7 Å². The van der Waals surface area contributed by atoms with Crippen molar-refractivity contribution in [2.75, 3.05) is 38.0 Å². The number of hydrogen-bond acceptors (Lipinski definition) is 6. The van der Waals surface area contributed by atoms with Gasteiger partial charge in [0.25, 0.3) is 0 Å². The maximum Gasteiger partial charge on any atom is 0.199 e. The van der Waals surface area contributed by atoms with Gasteiger partial charge in [-0.1, -0.05) is 0 Å². The highest BCUT2D eigenvalue weighted by Gasteiger charge is 2.12. The summed E-state index contributed by atoms with van der Waals surface area (Å²) in [5.41, 5.74) is 0.399. The van der Waals surface area contributed by atoms with E-state index >= 15 is 0 Å². The zero-order valence-corrected chi connectivity index (χ0v) is 12.8. The van der Waals surface area contributed by atoms with Crippen LogP contribution in [0.4, 0.5) is 11.8 Å². The van der Waals surface area contributed by atoms with E-state index in [0.717, 1.165) is 0 Å². The van der Waals surface area contributed by atoms with E-state index in [1.54, 1.807) is 44.1 Å². The molecule has 1 aromatic carbocycles. The van der Waals surface area contributed by atoms with Crippen molar-refractivity contribution in [2.24, 2.45) is 0 Å². The van der Waals surface area contributed by atoms with Crippen LogP contribution in [0.2, 0.25) is 0 Å². The molecule has 2 heterocycles. The molecule has 0 fully saturated rings. The second kappa shape index (κ2) is 4.91. The first kappa shape index (κ1) is 14.2. The van der Waals surface area contributed by atoms with Gasteiger partial charge in [0.15, 0.2) is 22.6 Å². The van der Waals surface area contributed by atoms with E-state index in [2.05, 4.69) is 0 Å². The largest absolute Gasteiger partial charge is 0.440 e. The highest BCUT2D eigenvalue weighted by atomic mass is 16.4. The first-order valence-electron chi connectivity index (χ1n) is 6.77. The van der Waals surface area contributed by atoms with E-state index in [1.165, 1.54) is 18.2 Å². The van der Waals surface area contributed by atoms with Crippen LogP contribution < -0.4 is 20.7 Å². The molecule has 2 aromatic heterocycles. The molecule has 0 aliphatic rings. The molecule has 0 spiro atoms. The van der Waals surface area contributed by atoms with Gasteiger partial charge in [0.1, 0.15) is 11.2 Å².